The number of nitrogens with one attached hydrogen (secondary N) is 1. The second-order valence-corrected chi connectivity index (χ2v) is 7.38. The van der Waals surface area contributed by atoms with Crippen LogP contribution < -0.4 is 5.32 Å². The van der Waals surface area contributed by atoms with Crippen LogP contribution >= 0.6 is 11.6 Å². The zero-order valence-corrected chi connectivity index (χ0v) is 17.1. The fourth-order valence-corrected chi connectivity index (χ4v) is 3.71. The number of carbonyl (C=O) groups excluding carboxylic acids is 1. The summed E-state index contributed by atoms with van der Waals surface area (Å²) < 4.78 is 3.69. The number of aromatic nitrogens is 4. The third-order valence-corrected chi connectivity index (χ3v) is 5.26. The van der Waals surface area contributed by atoms with Gasteiger partial charge in [-0.2, -0.15) is 10.2 Å². The van der Waals surface area contributed by atoms with E-state index in [2.05, 4.69) is 27.6 Å². The van der Waals surface area contributed by atoms with Gasteiger partial charge in [-0.3, -0.25) is 14.2 Å². The van der Waals surface area contributed by atoms with Crippen molar-refractivity contribution in [1.29, 1.82) is 0 Å². The Morgan fingerprint density at radius 1 is 1.00 bits per heavy atom. The molecular weight excluding hydrogens is 386 g/mol. The van der Waals surface area contributed by atoms with Crippen molar-refractivity contribution >= 4 is 34.1 Å². The normalized spacial score (nSPS) is 11.1. The summed E-state index contributed by atoms with van der Waals surface area (Å²) in [6, 6.07) is 17.9. The predicted octanol–water partition coefficient (Wildman–Crippen LogP) is 4.58. The summed E-state index contributed by atoms with van der Waals surface area (Å²) in [5, 5.41) is 13.3. The van der Waals surface area contributed by atoms with Crippen molar-refractivity contribution in [3.63, 3.8) is 0 Å². The van der Waals surface area contributed by atoms with Gasteiger partial charge in [-0.05, 0) is 31.5 Å². The molecule has 1 amide bonds. The number of benzene rings is 2. The molecule has 0 fully saturated rings. The summed E-state index contributed by atoms with van der Waals surface area (Å²) in [6.45, 7) is 5.00. The zero-order valence-electron chi connectivity index (χ0n) is 16.4. The maximum Gasteiger partial charge on any atom is 0.226 e. The van der Waals surface area contributed by atoms with Crippen LogP contribution in [-0.2, 0) is 17.9 Å². The Bertz CT molecular complexity index is 1160. The van der Waals surface area contributed by atoms with Gasteiger partial charge in [-0.1, -0.05) is 54.1 Å². The van der Waals surface area contributed by atoms with Gasteiger partial charge in [-0.25, -0.2) is 0 Å². The molecule has 0 saturated carbocycles. The van der Waals surface area contributed by atoms with E-state index >= 15 is 0 Å². The highest BCUT2D eigenvalue weighted by Gasteiger charge is 2.15. The van der Waals surface area contributed by atoms with Crippen LogP contribution in [0, 0.1) is 13.8 Å². The van der Waals surface area contributed by atoms with Gasteiger partial charge in [0.25, 0.3) is 0 Å². The Kier molecular flexibility index (Phi) is 5.36. The molecule has 7 heteroatoms. The maximum atomic E-state index is 12.6. The number of fused-ring (bicyclic) bond motifs is 1. The van der Waals surface area contributed by atoms with E-state index in [0.717, 1.165) is 28.0 Å². The lowest BCUT2D eigenvalue weighted by atomic mass is 10.2. The number of aryl methyl sites for hydroxylation is 2. The minimum atomic E-state index is -0.0776. The summed E-state index contributed by atoms with van der Waals surface area (Å²) in [6.07, 6.45) is 0.296. The highest BCUT2D eigenvalue weighted by Crippen LogP contribution is 2.23. The monoisotopic (exact) mass is 407 g/mol. The first-order chi connectivity index (χ1) is 14.0. The first-order valence-corrected chi connectivity index (χ1v) is 9.89. The van der Waals surface area contributed by atoms with E-state index in [1.807, 2.05) is 61.0 Å². The van der Waals surface area contributed by atoms with Gasteiger partial charge >= 0.3 is 0 Å². The number of hydrogen-bond donors (Lipinski definition) is 1. The van der Waals surface area contributed by atoms with Crippen LogP contribution in [0.4, 0.5) is 5.69 Å². The third kappa shape index (κ3) is 4.03. The number of para-hydroxylation sites is 1. The number of anilines is 1. The zero-order chi connectivity index (χ0) is 20.4. The Hall–Kier alpha value is -3.12. The average molecular weight is 408 g/mol. The van der Waals surface area contributed by atoms with Crippen LogP contribution in [0.1, 0.15) is 23.4 Å². The second-order valence-electron chi connectivity index (χ2n) is 7.02. The van der Waals surface area contributed by atoms with Crippen molar-refractivity contribution in [2.24, 2.45) is 0 Å². The van der Waals surface area contributed by atoms with E-state index < -0.39 is 0 Å². The van der Waals surface area contributed by atoms with Crippen LogP contribution in [0.2, 0.25) is 5.15 Å². The van der Waals surface area contributed by atoms with Crippen molar-refractivity contribution in [3.8, 4) is 0 Å². The Balaban J connectivity index is 1.44. The van der Waals surface area contributed by atoms with Crippen LogP contribution in [0.25, 0.3) is 10.9 Å². The molecule has 0 aliphatic heterocycles. The first kappa shape index (κ1) is 19.2. The lowest BCUT2D eigenvalue weighted by molar-refractivity contribution is -0.116. The van der Waals surface area contributed by atoms with Crippen molar-refractivity contribution < 1.29 is 4.79 Å². The highest BCUT2D eigenvalue weighted by atomic mass is 35.5. The van der Waals surface area contributed by atoms with Gasteiger partial charge in [0, 0.05) is 11.8 Å². The molecule has 1 N–H and O–H groups in total. The molecule has 0 radical (unpaired) electrons. The van der Waals surface area contributed by atoms with Gasteiger partial charge in [0.2, 0.25) is 5.91 Å². The fourth-order valence-electron chi connectivity index (χ4n) is 3.45. The van der Waals surface area contributed by atoms with E-state index in [0.29, 0.717) is 24.7 Å². The third-order valence-electron chi connectivity index (χ3n) is 4.98. The van der Waals surface area contributed by atoms with Crippen LogP contribution in [-0.4, -0.2) is 25.5 Å². The van der Waals surface area contributed by atoms with Gasteiger partial charge in [-0.15, -0.1) is 0 Å². The van der Waals surface area contributed by atoms with Crippen molar-refractivity contribution in [1.82, 2.24) is 19.6 Å². The Morgan fingerprint density at radius 3 is 2.52 bits per heavy atom. The molecule has 4 aromatic rings. The Morgan fingerprint density at radius 2 is 1.72 bits per heavy atom. The molecule has 0 saturated heterocycles. The minimum Gasteiger partial charge on any atom is -0.323 e. The topological polar surface area (TPSA) is 64.7 Å². The van der Waals surface area contributed by atoms with E-state index in [9.17, 15) is 4.79 Å². The van der Waals surface area contributed by atoms with E-state index in [-0.39, 0.29) is 5.91 Å². The summed E-state index contributed by atoms with van der Waals surface area (Å²) >= 11 is 6.19. The average Bonchev–Trinajstić information content (AvgIpc) is 3.18. The molecule has 2 aromatic carbocycles. The smallest absolute Gasteiger partial charge is 0.226 e. The van der Waals surface area contributed by atoms with E-state index in [1.165, 1.54) is 5.56 Å². The molecule has 0 aliphatic rings. The lowest BCUT2D eigenvalue weighted by Crippen LogP contribution is -2.16. The van der Waals surface area contributed by atoms with Gasteiger partial charge < -0.3 is 5.32 Å². The molecule has 0 spiro atoms. The molecule has 4 rings (SSSR count). The SMILES string of the molecule is Cc1nn(Cc2ccccc2)c(C)c1NC(=O)CCn1nc(Cl)c2ccccc21. The summed E-state index contributed by atoms with van der Waals surface area (Å²) in [5.41, 5.74) is 4.60. The van der Waals surface area contributed by atoms with Crippen molar-refractivity contribution in [2.45, 2.75) is 33.4 Å². The molecule has 0 bridgehead atoms. The maximum absolute atomic E-state index is 12.6. The standard InChI is InChI=1S/C22H22ClN5O/c1-15-21(16(2)28(25-15)14-17-8-4-3-5-9-17)24-20(29)12-13-27-19-11-7-6-10-18(19)22(23)26-27/h3-11H,12-14H2,1-2H3,(H,24,29). The fraction of sp³-hybridized carbons (Fsp3) is 0.227. The highest BCUT2D eigenvalue weighted by molar-refractivity contribution is 6.34. The summed E-state index contributed by atoms with van der Waals surface area (Å²) in [7, 11) is 0. The van der Waals surface area contributed by atoms with Crippen LogP contribution in [0.3, 0.4) is 0 Å². The van der Waals surface area contributed by atoms with Gasteiger partial charge in [0.1, 0.15) is 0 Å². The molecule has 0 aliphatic carbocycles. The molecule has 0 atom stereocenters. The summed E-state index contributed by atoms with van der Waals surface area (Å²) in [5.74, 6) is -0.0776. The number of hydrogen-bond acceptors (Lipinski definition) is 3. The number of rotatable bonds is 6. The summed E-state index contributed by atoms with van der Waals surface area (Å²) in [4.78, 5) is 12.6. The number of carbonyl (C=O) groups is 1. The largest absolute Gasteiger partial charge is 0.323 e. The van der Waals surface area contributed by atoms with Crippen LogP contribution in [0.5, 0.6) is 0 Å². The van der Waals surface area contributed by atoms with E-state index in [1.54, 1.807) is 4.68 Å². The lowest BCUT2D eigenvalue weighted by Gasteiger charge is -2.08. The van der Waals surface area contributed by atoms with E-state index in [4.69, 9.17) is 11.6 Å². The molecule has 29 heavy (non-hydrogen) atoms. The molecule has 2 heterocycles. The molecular formula is C22H22ClN5O. The first-order valence-electron chi connectivity index (χ1n) is 9.52. The number of nitrogens with zero attached hydrogens (tertiary/aromatic N) is 4. The number of amides is 1. The quantitative estimate of drug-likeness (QED) is 0.508. The molecule has 2 aromatic heterocycles. The predicted molar refractivity (Wildman–Crippen MR) is 115 cm³/mol. The van der Waals surface area contributed by atoms with Gasteiger partial charge in [0.15, 0.2) is 5.15 Å². The van der Waals surface area contributed by atoms with Crippen molar-refractivity contribution in [3.05, 3.63) is 76.7 Å². The van der Waals surface area contributed by atoms with Crippen molar-refractivity contribution in [2.75, 3.05) is 5.32 Å². The van der Waals surface area contributed by atoms with Crippen LogP contribution in [0.15, 0.2) is 54.6 Å². The second kappa shape index (κ2) is 8.09. The van der Waals surface area contributed by atoms with Gasteiger partial charge in [0.05, 0.1) is 35.7 Å². The molecule has 148 valence electrons. The Labute approximate surface area is 174 Å². The molecule has 6 nitrogen and oxygen atoms in total. The minimum absolute atomic E-state index is 0.0776. The molecule has 0 unspecified atom stereocenters. The number of halogens is 1.